The molecule has 1 aliphatic heterocycles. The molecule has 0 radical (unpaired) electrons. The summed E-state index contributed by atoms with van der Waals surface area (Å²) in [5.74, 6) is 0.998. The lowest BCUT2D eigenvalue weighted by molar-refractivity contribution is -0.136. The van der Waals surface area contributed by atoms with Crippen LogP contribution in [0.4, 0.5) is 0 Å². The monoisotopic (exact) mass is 568 g/mol. The number of hydrogen-bond donors (Lipinski definition) is 0. The smallest absolute Gasteiger partial charge is 0.338 e. The van der Waals surface area contributed by atoms with Crippen LogP contribution < -0.4 is 19.6 Å². The molecule has 194 valence electrons. The maximum Gasteiger partial charge on any atom is 0.338 e. The Kier molecular flexibility index (Phi) is 7.05. The zero-order chi connectivity index (χ0) is 27.1. The average molecular weight is 569 g/mol. The third-order valence-electron chi connectivity index (χ3n) is 6.28. The van der Waals surface area contributed by atoms with Gasteiger partial charge >= 0.3 is 5.97 Å². The first kappa shape index (κ1) is 26.0. The van der Waals surface area contributed by atoms with Crippen molar-refractivity contribution in [1.82, 2.24) is 4.57 Å². The van der Waals surface area contributed by atoms with Crippen molar-refractivity contribution in [3.63, 3.8) is 0 Å². The van der Waals surface area contributed by atoms with E-state index >= 15 is 0 Å². The Balaban J connectivity index is 1.69. The zero-order valence-corrected chi connectivity index (χ0v) is 23.2. The van der Waals surface area contributed by atoms with Gasteiger partial charge in [-0.05, 0) is 61.9 Å². The number of carbonyl (C=O) groups excluding carboxylic acids is 1. The van der Waals surface area contributed by atoms with Gasteiger partial charge in [-0.2, -0.15) is 0 Å². The summed E-state index contributed by atoms with van der Waals surface area (Å²) in [6, 6.07) is 13.4. The highest BCUT2D eigenvalue weighted by atomic mass is 35.5. The third-order valence-corrected chi connectivity index (χ3v) is 7.73. The van der Waals surface area contributed by atoms with Crippen LogP contribution in [-0.4, -0.2) is 24.8 Å². The molecule has 0 aliphatic carbocycles. The molecule has 0 amide bonds. The Labute approximate surface area is 231 Å². The van der Waals surface area contributed by atoms with Crippen molar-refractivity contribution in [2.24, 2.45) is 4.99 Å². The first-order valence-corrected chi connectivity index (χ1v) is 13.1. The molecule has 38 heavy (non-hydrogen) atoms. The number of nitrogens with zero attached hydrogens (tertiary/aromatic N) is 2. The number of aromatic nitrogens is 1. The Morgan fingerprint density at radius 3 is 2.55 bits per heavy atom. The number of rotatable bonds is 5. The lowest BCUT2D eigenvalue weighted by atomic mass is 9.95. The molecule has 0 saturated carbocycles. The van der Waals surface area contributed by atoms with E-state index in [0.717, 1.165) is 11.1 Å². The van der Waals surface area contributed by atoms with E-state index in [1.807, 2.05) is 31.2 Å². The van der Waals surface area contributed by atoms with Gasteiger partial charge < -0.3 is 13.9 Å². The van der Waals surface area contributed by atoms with Crippen LogP contribution >= 0.6 is 34.5 Å². The number of aryl methyl sites for hydroxylation is 1. The maximum absolute atomic E-state index is 13.8. The summed E-state index contributed by atoms with van der Waals surface area (Å²) >= 11 is 13.7. The van der Waals surface area contributed by atoms with Gasteiger partial charge in [-0.25, -0.2) is 9.79 Å². The number of benzene rings is 2. The van der Waals surface area contributed by atoms with E-state index in [9.17, 15) is 9.59 Å². The van der Waals surface area contributed by atoms with Crippen molar-refractivity contribution >= 4 is 46.6 Å². The van der Waals surface area contributed by atoms with Crippen molar-refractivity contribution in [3.8, 4) is 17.1 Å². The van der Waals surface area contributed by atoms with Gasteiger partial charge in [0.25, 0.3) is 5.56 Å². The molecule has 0 bridgehead atoms. The molecule has 0 saturated heterocycles. The van der Waals surface area contributed by atoms with E-state index < -0.39 is 12.0 Å². The van der Waals surface area contributed by atoms with E-state index in [2.05, 4.69) is 4.99 Å². The summed E-state index contributed by atoms with van der Waals surface area (Å²) in [5, 5.41) is 1.03. The van der Waals surface area contributed by atoms with Crippen LogP contribution in [0, 0.1) is 6.92 Å². The number of carbonyl (C=O) groups is 1. The number of methoxy groups -OCH3 is 2. The molecule has 2 aromatic carbocycles. The Morgan fingerprint density at radius 2 is 1.82 bits per heavy atom. The zero-order valence-electron chi connectivity index (χ0n) is 20.9. The molecule has 5 rings (SSSR count). The predicted octanol–water partition coefficient (Wildman–Crippen LogP) is 5.29. The fraction of sp³-hybridized carbons (Fsp3) is 0.179. The molecule has 3 heterocycles. The summed E-state index contributed by atoms with van der Waals surface area (Å²) in [6.07, 6.45) is 1.66. The number of ether oxygens (including phenoxy) is 2. The quantitative estimate of drug-likeness (QED) is 0.305. The number of halogens is 2. The topological polar surface area (TPSA) is 83.0 Å². The molecule has 1 atom stereocenters. The minimum atomic E-state index is -0.851. The largest absolute Gasteiger partial charge is 0.496 e. The summed E-state index contributed by atoms with van der Waals surface area (Å²) in [6.45, 7) is 3.68. The highest BCUT2D eigenvalue weighted by Crippen LogP contribution is 2.37. The van der Waals surface area contributed by atoms with Gasteiger partial charge in [-0.15, -0.1) is 0 Å². The maximum atomic E-state index is 13.8. The van der Waals surface area contributed by atoms with Crippen molar-refractivity contribution in [3.05, 3.63) is 106 Å². The Morgan fingerprint density at radius 1 is 1.08 bits per heavy atom. The first-order chi connectivity index (χ1) is 18.2. The number of thiazole rings is 1. The summed E-state index contributed by atoms with van der Waals surface area (Å²) in [4.78, 5) is 31.7. The van der Waals surface area contributed by atoms with Gasteiger partial charge in [0.1, 0.15) is 23.3 Å². The van der Waals surface area contributed by atoms with Gasteiger partial charge in [0.05, 0.1) is 30.0 Å². The molecular weight excluding hydrogens is 547 g/mol. The van der Waals surface area contributed by atoms with Crippen LogP contribution in [0.3, 0.4) is 0 Å². The number of hydrogen-bond acceptors (Lipinski definition) is 7. The molecule has 2 aromatic heterocycles. The van der Waals surface area contributed by atoms with Gasteiger partial charge in [0.15, 0.2) is 4.80 Å². The van der Waals surface area contributed by atoms with Crippen LogP contribution in [0.25, 0.3) is 17.4 Å². The van der Waals surface area contributed by atoms with Crippen LogP contribution in [0.2, 0.25) is 10.0 Å². The van der Waals surface area contributed by atoms with Gasteiger partial charge in [-0.3, -0.25) is 9.36 Å². The van der Waals surface area contributed by atoms with Crippen molar-refractivity contribution in [1.29, 1.82) is 0 Å². The lowest BCUT2D eigenvalue weighted by Gasteiger charge is -2.25. The second kappa shape index (κ2) is 10.3. The standard InChI is InChI=1S/C28H22Cl2N2O5S/c1-14-5-6-16(29)11-19(14)22-10-8-18(37-22)13-23-26(33)32-25(20-12-17(30)7-9-21(20)35-3)24(27(34)36-4)15(2)31-28(32)38-23/h5-13,25H,1-4H3/b23-13-/t25-/m0/s1. The van der Waals surface area contributed by atoms with Crippen molar-refractivity contribution in [2.45, 2.75) is 19.9 Å². The molecule has 10 heteroatoms. The van der Waals surface area contributed by atoms with Crippen LogP contribution in [-0.2, 0) is 9.53 Å². The molecule has 0 spiro atoms. The number of fused-ring (bicyclic) bond motifs is 1. The van der Waals surface area contributed by atoms with Crippen molar-refractivity contribution < 1.29 is 18.7 Å². The SMILES string of the molecule is COC(=O)C1=C(C)N=c2s/c(=C\c3ccc(-c4cc(Cl)ccc4C)o3)c(=O)n2[C@H]1c1cc(Cl)ccc1OC. The number of furan rings is 1. The van der Waals surface area contributed by atoms with Gasteiger partial charge in [0, 0.05) is 27.2 Å². The second-order valence-electron chi connectivity index (χ2n) is 8.62. The normalized spacial score (nSPS) is 15.3. The summed E-state index contributed by atoms with van der Waals surface area (Å²) in [7, 11) is 2.80. The van der Waals surface area contributed by atoms with Crippen LogP contribution in [0.5, 0.6) is 5.75 Å². The van der Waals surface area contributed by atoms with Gasteiger partial charge in [0.2, 0.25) is 0 Å². The average Bonchev–Trinajstić information content (AvgIpc) is 3.48. The third kappa shape index (κ3) is 4.60. The van der Waals surface area contributed by atoms with Crippen LogP contribution in [0.1, 0.15) is 29.9 Å². The number of allylic oxidation sites excluding steroid dienone is 1. The number of esters is 1. The Bertz CT molecular complexity index is 1800. The van der Waals surface area contributed by atoms with E-state index in [1.54, 1.807) is 37.3 Å². The minimum absolute atomic E-state index is 0.226. The van der Waals surface area contributed by atoms with E-state index in [4.69, 9.17) is 37.1 Å². The summed E-state index contributed by atoms with van der Waals surface area (Å²) < 4.78 is 18.5. The first-order valence-electron chi connectivity index (χ1n) is 11.5. The van der Waals surface area contributed by atoms with Crippen molar-refractivity contribution in [2.75, 3.05) is 14.2 Å². The highest BCUT2D eigenvalue weighted by molar-refractivity contribution is 7.07. The molecule has 0 fully saturated rings. The molecule has 4 aromatic rings. The summed E-state index contributed by atoms with van der Waals surface area (Å²) in [5.41, 5.74) is 2.74. The molecule has 0 unspecified atom stereocenters. The molecule has 7 nitrogen and oxygen atoms in total. The Hall–Kier alpha value is -3.59. The second-order valence-corrected chi connectivity index (χ2v) is 10.5. The van der Waals surface area contributed by atoms with E-state index in [-0.39, 0.29) is 11.1 Å². The fourth-order valence-corrected chi connectivity index (χ4v) is 5.85. The van der Waals surface area contributed by atoms with E-state index in [0.29, 0.717) is 47.9 Å². The van der Waals surface area contributed by atoms with Crippen LogP contribution in [0.15, 0.2) is 74.0 Å². The predicted molar refractivity (Wildman–Crippen MR) is 148 cm³/mol. The fourth-order valence-electron chi connectivity index (χ4n) is 4.47. The molecular formula is C28H22Cl2N2O5S. The molecule has 1 aliphatic rings. The van der Waals surface area contributed by atoms with E-state index in [1.165, 1.54) is 30.1 Å². The minimum Gasteiger partial charge on any atom is -0.496 e. The highest BCUT2D eigenvalue weighted by Gasteiger charge is 2.35. The van der Waals surface area contributed by atoms with Gasteiger partial charge in [-0.1, -0.05) is 40.6 Å². The lowest BCUT2D eigenvalue weighted by Crippen LogP contribution is -2.40. The molecule has 0 N–H and O–H groups in total.